The maximum Gasteiger partial charge on any atom is 0.226 e. The summed E-state index contributed by atoms with van der Waals surface area (Å²) in [6, 6.07) is 11.4. The van der Waals surface area contributed by atoms with Crippen molar-refractivity contribution in [3.8, 4) is 0 Å². The lowest BCUT2D eigenvalue weighted by atomic mass is 9.41. The fraction of sp³-hybridized carbons (Fsp3) is 0.741. The molecule has 6 aliphatic rings. The Kier molecular flexibility index (Phi) is 4.95. The first-order valence-electron chi connectivity index (χ1n) is 12.8. The summed E-state index contributed by atoms with van der Waals surface area (Å²) in [4.78, 5) is 13.9. The minimum absolute atomic E-state index is 0.158. The molecule has 2 atom stereocenters. The van der Waals surface area contributed by atoms with E-state index in [1.54, 1.807) is 0 Å². The molecule has 168 valence electrons. The van der Waals surface area contributed by atoms with Crippen LogP contribution in [0.15, 0.2) is 30.3 Å². The van der Waals surface area contributed by atoms with Crippen molar-refractivity contribution in [2.75, 3.05) is 6.54 Å². The number of carbonyl (C=O) groups excluding carboxylic acids is 1. The number of benzene rings is 1. The Morgan fingerprint density at radius 1 is 0.968 bits per heavy atom. The third-order valence-electron chi connectivity index (χ3n) is 9.47. The van der Waals surface area contributed by atoms with Gasteiger partial charge < -0.3 is 15.8 Å². The van der Waals surface area contributed by atoms with Crippen LogP contribution in [0.4, 0.5) is 0 Å². The molecule has 0 aromatic heterocycles. The highest BCUT2D eigenvalue weighted by molar-refractivity contribution is 5.84. The SMILES string of the molecule is NCC1CCC(NC(=O)C23CC4CC(c5ccccc5)(CC(C2)C4OC2CC2)C3)CC1. The highest BCUT2D eigenvalue weighted by atomic mass is 16.5. The van der Waals surface area contributed by atoms with Gasteiger partial charge in [-0.05, 0) is 106 Å². The molecule has 31 heavy (non-hydrogen) atoms. The molecule has 4 heteroatoms. The summed E-state index contributed by atoms with van der Waals surface area (Å²) >= 11 is 0. The first-order valence-corrected chi connectivity index (χ1v) is 12.8. The maximum absolute atomic E-state index is 13.9. The molecule has 0 spiro atoms. The molecule has 6 saturated carbocycles. The number of hydrogen-bond donors (Lipinski definition) is 2. The normalized spacial score (nSPS) is 43.7. The fourth-order valence-corrected chi connectivity index (χ4v) is 8.03. The van der Waals surface area contributed by atoms with E-state index < -0.39 is 0 Å². The van der Waals surface area contributed by atoms with E-state index in [0.717, 1.165) is 51.5 Å². The Hall–Kier alpha value is -1.39. The van der Waals surface area contributed by atoms with Gasteiger partial charge in [-0.3, -0.25) is 4.79 Å². The Morgan fingerprint density at radius 2 is 1.65 bits per heavy atom. The van der Waals surface area contributed by atoms with E-state index in [4.69, 9.17) is 10.5 Å². The zero-order valence-corrected chi connectivity index (χ0v) is 18.7. The Labute approximate surface area is 186 Å². The quantitative estimate of drug-likeness (QED) is 0.718. The van der Waals surface area contributed by atoms with Crippen molar-refractivity contribution in [3.63, 3.8) is 0 Å². The van der Waals surface area contributed by atoms with E-state index in [0.29, 0.717) is 41.9 Å². The third-order valence-corrected chi connectivity index (χ3v) is 9.47. The second-order valence-electron chi connectivity index (χ2n) is 11.7. The number of hydrogen-bond acceptors (Lipinski definition) is 3. The van der Waals surface area contributed by atoms with Crippen molar-refractivity contribution in [1.82, 2.24) is 5.32 Å². The van der Waals surface area contributed by atoms with Crippen LogP contribution < -0.4 is 11.1 Å². The summed E-state index contributed by atoms with van der Waals surface area (Å²) in [5.41, 5.74) is 7.29. The molecule has 3 N–H and O–H groups in total. The predicted octanol–water partition coefficient (Wildman–Crippen LogP) is 4.32. The summed E-state index contributed by atoms with van der Waals surface area (Å²) in [6.45, 7) is 0.788. The van der Waals surface area contributed by atoms with Gasteiger partial charge in [0.15, 0.2) is 0 Å². The van der Waals surface area contributed by atoms with Crippen LogP contribution in [0.2, 0.25) is 0 Å². The van der Waals surface area contributed by atoms with E-state index in [9.17, 15) is 4.79 Å². The Bertz CT molecular complexity index is 796. The minimum Gasteiger partial charge on any atom is -0.374 e. The lowest BCUT2D eigenvalue weighted by Crippen LogP contribution is -2.64. The number of nitrogens with one attached hydrogen (secondary N) is 1. The molecule has 1 aromatic rings. The van der Waals surface area contributed by atoms with Gasteiger partial charge in [0.25, 0.3) is 0 Å². The van der Waals surface area contributed by atoms with Gasteiger partial charge in [-0.1, -0.05) is 30.3 Å². The van der Waals surface area contributed by atoms with Crippen LogP contribution in [0.1, 0.15) is 76.2 Å². The van der Waals surface area contributed by atoms with E-state index in [-0.39, 0.29) is 10.8 Å². The number of amides is 1. The highest BCUT2D eigenvalue weighted by Gasteiger charge is 2.64. The molecule has 6 aliphatic carbocycles. The molecular formula is C27H38N2O2. The van der Waals surface area contributed by atoms with Crippen LogP contribution >= 0.6 is 0 Å². The summed E-state index contributed by atoms with van der Waals surface area (Å²) in [6.07, 6.45) is 13.3. The lowest BCUT2D eigenvalue weighted by molar-refractivity contribution is -0.183. The zero-order valence-electron chi connectivity index (χ0n) is 18.7. The molecular weight excluding hydrogens is 384 g/mol. The molecule has 6 fully saturated rings. The summed E-state index contributed by atoms with van der Waals surface area (Å²) in [7, 11) is 0. The molecule has 2 unspecified atom stereocenters. The van der Waals surface area contributed by atoms with Gasteiger partial charge in [0.2, 0.25) is 5.91 Å². The van der Waals surface area contributed by atoms with Crippen LogP contribution in [0.25, 0.3) is 0 Å². The molecule has 4 bridgehead atoms. The molecule has 4 nitrogen and oxygen atoms in total. The Balaban J connectivity index is 1.25. The van der Waals surface area contributed by atoms with E-state index >= 15 is 0 Å². The van der Waals surface area contributed by atoms with Crippen molar-refractivity contribution in [2.24, 2.45) is 28.9 Å². The first-order chi connectivity index (χ1) is 15.1. The summed E-state index contributed by atoms with van der Waals surface area (Å²) < 4.78 is 6.57. The monoisotopic (exact) mass is 422 g/mol. The minimum atomic E-state index is -0.199. The average molecular weight is 423 g/mol. The first kappa shape index (κ1) is 20.2. The number of nitrogens with two attached hydrogens (primary N) is 1. The maximum atomic E-state index is 13.9. The summed E-state index contributed by atoms with van der Waals surface area (Å²) in [5.74, 6) is 2.05. The van der Waals surface area contributed by atoms with Gasteiger partial charge in [-0.15, -0.1) is 0 Å². The standard InChI is InChI=1S/C27H38N2O2/c28-16-18-6-8-22(9-7-18)29-25(30)27-14-19-12-26(17-27,21-4-2-1-3-5-21)13-20(15-27)24(19)31-23-10-11-23/h1-5,18-20,22-24H,6-17,28H2,(H,29,30). The van der Waals surface area contributed by atoms with Crippen molar-refractivity contribution in [3.05, 3.63) is 35.9 Å². The van der Waals surface area contributed by atoms with Gasteiger partial charge in [-0.25, -0.2) is 0 Å². The van der Waals surface area contributed by atoms with E-state index in [2.05, 4.69) is 35.6 Å². The zero-order chi connectivity index (χ0) is 21.1. The van der Waals surface area contributed by atoms with Crippen molar-refractivity contribution in [2.45, 2.75) is 94.3 Å². The largest absolute Gasteiger partial charge is 0.374 e. The van der Waals surface area contributed by atoms with Gasteiger partial charge in [0, 0.05) is 6.04 Å². The molecule has 0 radical (unpaired) electrons. The third kappa shape index (κ3) is 3.54. The van der Waals surface area contributed by atoms with Gasteiger partial charge in [0.1, 0.15) is 0 Å². The smallest absolute Gasteiger partial charge is 0.226 e. The van der Waals surface area contributed by atoms with Crippen molar-refractivity contribution < 1.29 is 9.53 Å². The van der Waals surface area contributed by atoms with Crippen LogP contribution in [-0.2, 0) is 14.9 Å². The van der Waals surface area contributed by atoms with Crippen LogP contribution in [0, 0.1) is 23.2 Å². The molecule has 0 saturated heterocycles. The molecule has 1 aromatic carbocycles. The fourth-order valence-electron chi connectivity index (χ4n) is 8.03. The van der Waals surface area contributed by atoms with Gasteiger partial charge >= 0.3 is 0 Å². The molecule has 7 rings (SSSR count). The number of rotatable bonds is 6. The van der Waals surface area contributed by atoms with Gasteiger partial charge in [0.05, 0.1) is 17.6 Å². The number of ether oxygens (including phenoxy) is 1. The van der Waals surface area contributed by atoms with Crippen LogP contribution in [0.5, 0.6) is 0 Å². The van der Waals surface area contributed by atoms with Crippen LogP contribution in [-0.4, -0.2) is 30.7 Å². The number of carbonyl (C=O) groups is 1. The second-order valence-corrected chi connectivity index (χ2v) is 11.7. The van der Waals surface area contributed by atoms with Crippen LogP contribution in [0.3, 0.4) is 0 Å². The molecule has 0 heterocycles. The van der Waals surface area contributed by atoms with Crippen molar-refractivity contribution in [1.29, 1.82) is 0 Å². The van der Waals surface area contributed by atoms with Gasteiger partial charge in [-0.2, -0.15) is 0 Å². The Morgan fingerprint density at radius 3 is 2.26 bits per heavy atom. The van der Waals surface area contributed by atoms with E-state index in [1.807, 2.05) is 0 Å². The molecule has 1 amide bonds. The lowest BCUT2D eigenvalue weighted by Gasteiger charge is -2.64. The summed E-state index contributed by atoms with van der Waals surface area (Å²) in [5, 5.41) is 3.54. The predicted molar refractivity (Wildman–Crippen MR) is 121 cm³/mol. The highest BCUT2D eigenvalue weighted by Crippen LogP contribution is 2.66. The van der Waals surface area contributed by atoms with E-state index in [1.165, 1.54) is 31.2 Å². The topological polar surface area (TPSA) is 64.3 Å². The molecule has 0 aliphatic heterocycles. The second kappa shape index (κ2) is 7.59. The van der Waals surface area contributed by atoms with Crippen molar-refractivity contribution >= 4 is 5.91 Å². The average Bonchev–Trinajstić information content (AvgIpc) is 3.61.